The van der Waals surface area contributed by atoms with Crippen molar-refractivity contribution in [3.05, 3.63) is 82.7 Å². The number of carbonyl (C=O) groups is 3. The number of fused-ring (bicyclic) bond motifs is 4. The minimum absolute atomic E-state index is 0.0210. The molecule has 1 aromatic heterocycles. The highest BCUT2D eigenvalue weighted by atomic mass is 16.6. The Bertz CT molecular complexity index is 1180. The lowest BCUT2D eigenvalue weighted by atomic mass is 9.98. The highest BCUT2D eigenvalue weighted by molar-refractivity contribution is 5.93. The van der Waals surface area contributed by atoms with Gasteiger partial charge in [0.25, 0.3) is 0 Å². The van der Waals surface area contributed by atoms with Gasteiger partial charge in [-0.25, -0.2) is 9.59 Å². The van der Waals surface area contributed by atoms with Crippen molar-refractivity contribution in [2.24, 2.45) is 0 Å². The monoisotopic (exact) mass is 430 g/mol. The number of benzene rings is 2. The lowest BCUT2D eigenvalue weighted by Crippen LogP contribution is -2.39. The van der Waals surface area contributed by atoms with Crippen molar-refractivity contribution >= 4 is 18.3 Å². The molecule has 7 heteroatoms. The maximum atomic E-state index is 12.9. The van der Waals surface area contributed by atoms with Gasteiger partial charge in [-0.05, 0) is 28.3 Å². The molecule has 0 unspecified atom stereocenters. The summed E-state index contributed by atoms with van der Waals surface area (Å²) >= 11 is 0. The maximum Gasteiger partial charge on any atom is 0.410 e. The second kappa shape index (κ2) is 8.00. The first kappa shape index (κ1) is 20.1. The normalized spacial score (nSPS) is 14.3. The van der Waals surface area contributed by atoms with E-state index in [1.165, 1.54) is 24.3 Å². The largest absolute Gasteiger partial charge is 0.465 e. The quantitative estimate of drug-likeness (QED) is 0.464. The van der Waals surface area contributed by atoms with Crippen LogP contribution in [0.3, 0.4) is 0 Å². The summed E-state index contributed by atoms with van der Waals surface area (Å²) in [5, 5.41) is 0. The van der Waals surface area contributed by atoms with Gasteiger partial charge in [0.15, 0.2) is 6.29 Å². The van der Waals surface area contributed by atoms with Crippen LogP contribution in [0.25, 0.3) is 11.1 Å². The van der Waals surface area contributed by atoms with Gasteiger partial charge in [0, 0.05) is 19.0 Å². The van der Waals surface area contributed by atoms with Gasteiger partial charge in [-0.15, -0.1) is 0 Å². The SMILES string of the molecule is COC(=O)c1cc(C=O)n2c1CN(C(=O)OCC1c3ccccc3-c3ccccc31)CC2. The molecule has 1 amide bonds. The molecule has 0 bridgehead atoms. The van der Waals surface area contributed by atoms with Gasteiger partial charge in [-0.1, -0.05) is 48.5 Å². The molecule has 162 valence electrons. The topological polar surface area (TPSA) is 77.8 Å². The summed E-state index contributed by atoms with van der Waals surface area (Å²) in [4.78, 5) is 38.0. The van der Waals surface area contributed by atoms with E-state index in [1.807, 2.05) is 24.3 Å². The Kier molecular flexibility index (Phi) is 5.01. The van der Waals surface area contributed by atoms with E-state index in [0.717, 1.165) is 11.1 Å². The molecule has 3 aromatic rings. The van der Waals surface area contributed by atoms with Crippen LogP contribution in [0.15, 0.2) is 54.6 Å². The van der Waals surface area contributed by atoms with E-state index >= 15 is 0 Å². The third-order valence-corrected chi connectivity index (χ3v) is 6.30. The molecule has 1 aliphatic heterocycles. The summed E-state index contributed by atoms with van der Waals surface area (Å²) in [6.45, 7) is 1.20. The van der Waals surface area contributed by atoms with Gasteiger partial charge in [-0.2, -0.15) is 0 Å². The third kappa shape index (κ3) is 3.17. The van der Waals surface area contributed by atoms with Crippen molar-refractivity contribution in [3.63, 3.8) is 0 Å². The van der Waals surface area contributed by atoms with Gasteiger partial charge in [0.1, 0.15) is 6.61 Å². The Morgan fingerprint density at radius 1 is 1.03 bits per heavy atom. The molecule has 2 heterocycles. The van der Waals surface area contributed by atoms with Crippen LogP contribution in [-0.4, -0.2) is 48.1 Å². The Balaban J connectivity index is 1.34. The van der Waals surface area contributed by atoms with Crippen LogP contribution in [0.4, 0.5) is 4.79 Å². The number of amides is 1. The first-order chi connectivity index (χ1) is 15.6. The minimum atomic E-state index is -0.531. The fourth-order valence-corrected chi connectivity index (χ4v) is 4.75. The number of esters is 1. The molecule has 7 nitrogen and oxygen atoms in total. The lowest BCUT2D eigenvalue weighted by molar-refractivity contribution is 0.0592. The van der Waals surface area contributed by atoms with E-state index < -0.39 is 12.1 Å². The number of rotatable bonds is 4. The summed E-state index contributed by atoms with van der Waals surface area (Å²) in [5.41, 5.74) is 5.92. The molecule has 0 saturated carbocycles. The number of methoxy groups -OCH3 is 1. The Labute approximate surface area is 185 Å². The van der Waals surface area contributed by atoms with Gasteiger partial charge >= 0.3 is 12.1 Å². The Morgan fingerprint density at radius 2 is 1.69 bits per heavy atom. The van der Waals surface area contributed by atoms with Crippen molar-refractivity contribution in [1.29, 1.82) is 0 Å². The Hall–Kier alpha value is -3.87. The molecule has 0 N–H and O–H groups in total. The van der Waals surface area contributed by atoms with E-state index in [-0.39, 0.29) is 19.1 Å². The van der Waals surface area contributed by atoms with Crippen LogP contribution in [0.1, 0.15) is 43.6 Å². The molecule has 1 aliphatic carbocycles. The second-order valence-electron chi connectivity index (χ2n) is 7.92. The number of carbonyl (C=O) groups excluding carboxylic acids is 3. The fourth-order valence-electron chi connectivity index (χ4n) is 4.75. The first-order valence-electron chi connectivity index (χ1n) is 10.5. The van der Waals surface area contributed by atoms with Gasteiger partial charge in [-0.3, -0.25) is 4.79 Å². The molecule has 5 rings (SSSR count). The summed E-state index contributed by atoms with van der Waals surface area (Å²) < 4.78 is 12.3. The zero-order valence-electron chi connectivity index (χ0n) is 17.6. The van der Waals surface area contributed by atoms with Crippen LogP contribution in [0.5, 0.6) is 0 Å². The number of aromatic nitrogens is 1. The van der Waals surface area contributed by atoms with Crippen molar-refractivity contribution in [2.45, 2.75) is 19.0 Å². The summed E-state index contributed by atoms with van der Waals surface area (Å²) in [5.74, 6) is -0.552. The van der Waals surface area contributed by atoms with Crippen LogP contribution in [0, 0.1) is 0 Å². The van der Waals surface area contributed by atoms with Crippen LogP contribution < -0.4 is 0 Å². The predicted molar refractivity (Wildman–Crippen MR) is 117 cm³/mol. The summed E-state index contributed by atoms with van der Waals surface area (Å²) in [6, 6.07) is 17.9. The predicted octanol–water partition coefficient (Wildman–Crippen LogP) is 3.85. The van der Waals surface area contributed by atoms with E-state index in [4.69, 9.17) is 9.47 Å². The molecule has 2 aromatic carbocycles. The van der Waals surface area contributed by atoms with E-state index in [2.05, 4.69) is 24.3 Å². The number of nitrogens with zero attached hydrogens (tertiary/aromatic N) is 2. The van der Waals surface area contributed by atoms with Crippen molar-refractivity contribution in [2.75, 3.05) is 20.3 Å². The molecule has 0 saturated heterocycles. The van der Waals surface area contributed by atoms with Crippen molar-refractivity contribution < 1.29 is 23.9 Å². The zero-order chi connectivity index (χ0) is 22.2. The van der Waals surface area contributed by atoms with Crippen LogP contribution in [-0.2, 0) is 22.6 Å². The van der Waals surface area contributed by atoms with E-state index in [0.29, 0.717) is 36.3 Å². The van der Waals surface area contributed by atoms with Crippen molar-refractivity contribution in [1.82, 2.24) is 9.47 Å². The average Bonchev–Trinajstić information content (AvgIpc) is 3.37. The molecule has 0 atom stereocenters. The van der Waals surface area contributed by atoms with Gasteiger partial charge in [0.05, 0.1) is 30.6 Å². The highest BCUT2D eigenvalue weighted by Crippen LogP contribution is 2.44. The number of aldehydes is 1. The molecular formula is C25H22N2O5. The average molecular weight is 430 g/mol. The second-order valence-corrected chi connectivity index (χ2v) is 7.92. The van der Waals surface area contributed by atoms with Crippen molar-refractivity contribution in [3.8, 4) is 11.1 Å². The van der Waals surface area contributed by atoms with Crippen LogP contribution >= 0.6 is 0 Å². The zero-order valence-corrected chi connectivity index (χ0v) is 17.6. The smallest absolute Gasteiger partial charge is 0.410 e. The molecular weight excluding hydrogens is 408 g/mol. The summed E-state index contributed by atoms with van der Waals surface area (Å²) in [7, 11) is 1.29. The molecule has 0 spiro atoms. The van der Waals surface area contributed by atoms with Gasteiger partial charge < -0.3 is 18.9 Å². The standard InChI is InChI=1S/C25H22N2O5/c1-31-24(29)21-12-16(14-28)27-11-10-26(13-23(21)27)25(30)32-15-22-19-8-4-2-6-17(19)18-7-3-5-9-20(18)22/h2-9,12,14,22H,10-11,13,15H2,1H3. The number of hydrogen-bond acceptors (Lipinski definition) is 5. The number of hydrogen-bond donors (Lipinski definition) is 0. The van der Waals surface area contributed by atoms with E-state index in [1.54, 1.807) is 9.47 Å². The fraction of sp³-hybridized carbons (Fsp3) is 0.240. The van der Waals surface area contributed by atoms with Crippen LogP contribution in [0.2, 0.25) is 0 Å². The minimum Gasteiger partial charge on any atom is -0.465 e. The van der Waals surface area contributed by atoms with Gasteiger partial charge in [0.2, 0.25) is 0 Å². The maximum absolute atomic E-state index is 12.9. The highest BCUT2D eigenvalue weighted by Gasteiger charge is 2.32. The first-order valence-corrected chi connectivity index (χ1v) is 10.5. The molecule has 0 fully saturated rings. The van der Waals surface area contributed by atoms with E-state index in [9.17, 15) is 14.4 Å². The summed E-state index contributed by atoms with van der Waals surface area (Å²) in [6.07, 6.45) is 0.265. The molecule has 32 heavy (non-hydrogen) atoms. The number of ether oxygens (including phenoxy) is 2. The Morgan fingerprint density at radius 3 is 2.31 bits per heavy atom. The third-order valence-electron chi connectivity index (χ3n) is 6.30. The molecule has 0 radical (unpaired) electrons. The lowest BCUT2D eigenvalue weighted by Gasteiger charge is -2.29. The molecule has 2 aliphatic rings.